The largest absolute Gasteiger partial charge is 0.503 e. The quantitative estimate of drug-likeness (QED) is 0.506. The molecular weight excluding hydrogens is 428 g/mol. The van der Waals surface area contributed by atoms with E-state index in [4.69, 9.17) is 18.9 Å². The minimum absolute atomic E-state index is 0.144. The van der Waals surface area contributed by atoms with Crippen LogP contribution < -0.4 is 10.1 Å². The highest BCUT2D eigenvalue weighted by Crippen LogP contribution is 2.28. The fraction of sp³-hybridized carbons (Fsp3) is 0.750. The average molecular weight is 469 g/mol. The first kappa shape index (κ1) is 27.3. The first-order chi connectivity index (χ1) is 15.6. The van der Waals surface area contributed by atoms with Crippen molar-refractivity contribution in [2.45, 2.75) is 84.5 Å². The number of nitrogens with one attached hydrogen (secondary N) is 1. The highest BCUT2D eigenvalue weighted by Gasteiger charge is 2.35. The van der Waals surface area contributed by atoms with E-state index in [2.05, 4.69) is 38.0 Å². The predicted molar refractivity (Wildman–Crippen MR) is 123 cm³/mol. The maximum atomic E-state index is 12.8. The van der Waals surface area contributed by atoms with Crippen LogP contribution in [0.4, 0.5) is 0 Å². The Morgan fingerprint density at radius 2 is 1.88 bits per heavy atom. The van der Waals surface area contributed by atoms with Crippen LogP contribution in [-0.4, -0.2) is 72.1 Å². The van der Waals surface area contributed by atoms with Gasteiger partial charge in [-0.3, -0.25) is 4.79 Å². The lowest BCUT2D eigenvalue weighted by atomic mass is 10.0. The maximum absolute atomic E-state index is 12.8. The number of methoxy groups -OCH3 is 1. The van der Waals surface area contributed by atoms with Crippen molar-refractivity contribution >= 4 is 5.91 Å². The lowest BCUT2D eigenvalue weighted by molar-refractivity contribution is -0.200. The first-order valence-electron chi connectivity index (χ1n) is 11.7. The third-order valence-electron chi connectivity index (χ3n) is 5.44. The summed E-state index contributed by atoms with van der Waals surface area (Å²) in [6.07, 6.45) is 0.959. The summed E-state index contributed by atoms with van der Waals surface area (Å²) < 4.78 is 23.3. The second-order valence-electron chi connectivity index (χ2n) is 9.41. The van der Waals surface area contributed by atoms with Crippen LogP contribution in [-0.2, 0) is 14.2 Å². The van der Waals surface area contributed by atoms with E-state index in [0.29, 0.717) is 44.3 Å². The van der Waals surface area contributed by atoms with Gasteiger partial charge in [-0.2, -0.15) is 0 Å². The van der Waals surface area contributed by atoms with E-state index >= 15 is 0 Å². The summed E-state index contributed by atoms with van der Waals surface area (Å²) in [5.74, 6) is -0.110. The molecular formula is C24H40N2O7. The fourth-order valence-electron chi connectivity index (χ4n) is 3.73. The monoisotopic (exact) mass is 468 g/mol. The van der Waals surface area contributed by atoms with Crippen molar-refractivity contribution in [3.8, 4) is 11.5 Å². The Labute approximate surface area is 196 Å². The number of aliphatic hydroxyl groups is 1. The number of hydrogen-bond donors (Lipinski definition) is 3. The van der Waals surface area contributed by atoms with Gasteiger partial charge in [0.2, 0.25) is 0 Å². The number of pyridine rings is 1. The molecule has 1 fully saturated rings. The second kappa shape index (κ2) is 13.1. The van der Waals surface area contributed by atoms with Gasteiger partial charge in [0.15, 0.2) is 23.5 Å². The van der Waals surface area contributed by atoms with Gasteiger partial charge in [-0.15, -0.1) is 0 Å². The Bertz CT molecular complexity index is 744. The summed E-state index contributed by atoms with van der Waals surface area (Å²) in [6, 6.07) is 0.766. The molecule has 0 spiro atoms. The molecule has 3 N–H and O–H groups in total. The van der Waals surface area contributed by atoms with Gasteiger partial charge >= 0.3 is 0 Å². The first-order valence-corrected chi connectivity index (χ1v) is 11.7. The van der Waals surface area contributed by atoms with Crippen LogP contribution in [0.15, 0.2) is 12.3 Å². The standard InChI is InChI=1S/C24H40N2O7/c1-14(2)12-31-19-9-7-8-17(24(29)33-16(5)22(19)32-13-15(3)4)26-23(28)20-21(27)18(30-6)10-11-25-20/h10-11,14-17,19,22,24,27,29H,7-9,12-13H2,1-6H3,(H,26,28)/t16-,17-,19-,22-,24?/m0/s1. The number of aliphatic hydroxyl groups excluding tert-OH is 1. The molecule has 1 saturated heterocycles. The summed E-state index contributed by atoms with van der Waals surface area (Å²) in [7, 11) is 1.39. The van der Waals surface area contributed by atoms with Crippen molar-refractivity contribution in [2.24, 2.45) is 11.8 Å². The molecule has 9 heteroatoms. The third kappa shape index (κ3) is 8.10. The molecule has 0 aliphatic carbocycles. The molecule has 9 nitrogen and oxygen atoms in total. The number of rotatable bonds is 9. The molecule has 0 bridgehead atoms. The maximum Gasteiger partial charge on any atom is 0.274 e. The molecule has 1 unspecified atom stereocenters. The second-order valence-corrected chi connectivity index (χ2v) is 9.41. The van der Waals surface area contributed by atoms with E-state index in [9.17, 15) is 15.0 Å². The van der Waals surface area contributed by atoms with Crippen LogP contribution in [0.3, 0.4) is 0 Å². The zero-order valence-electron chi connectivity index (χ0n) is 20.6. The molecule has 33 heavy (non-hydrogen) atoms. The van der Waals surface area contributed by atoms with E-state index in [1.165, 1.54) is 19.4 Å². The molecule has 5 atom stereocenters. The highest BCUT2D eigenvalue weighted by molar-refractivity contribution is 5.95. The lowest BCUT2D eigenvalue weighted by Crippen LogP contribution is -2.48. The molecule has 0 aromatic carbocycles. The summed E-state index contributed by atoms with van der Waals surface area (Å²) in [5, 5.41) is 23.8. The van der Waals surface area contributed by atoms with Crippen molar-refractivity contribution in [1.82, 2.24) is 10.3 Å². The molecule has 1 aromatic heterocycles. The Morgan fingerprint density at radius 3 is 2.52 bits per heavy atom. The Balaban J connectivity index is 2.16. The number of ether oxygens (including phenoxy) is 4. The van der Waals surface area contributed by atoms with E-state index in [-0.39, 0.29) is 29.4 Å². The normalized spacial score (nSPS) is 26.5. The SMILES string of the molecule is COc1ccnc(C(=O)N[C@H]2CCC[C@H](OCC(C)C)[C@@H](OCC(C)C)[C@H](C)OC2O)c1O. The molecule has 1 aliphatic rings. The molecule has 0 saturated carbocycles. The highest BCUT2D eigenvalue weighted by atomic mass is 16.6. The minimum atomic E-state index is -1.26. The fourth-order valence-corrected chi connectivity index (χ4v) is 3.73. The van der Waals surface area contributed by atoms with E-state index < -0.39 is 24.3 Å². The van der Waals surface area contributed by atoms with Gasteiger partial charge in [0.25, 0.3) is 5.91 Å². The molecule has 188 valence electrons. The van der Waals surface area contributed by atoms with Crippen LogP contribution in [0, 0.1) is 11.8 Å². The summed E-state index contributed by atoms with van der Waals surface area (Å²) in [5.41, 5.74) is -0.175. The number of amides is 1. The number of aromatic nitrogens is 1. The molecule has 1 amide bonds. The van der Waals surface area contributed by atoms with Gasteiger partial charge in [-0.05, 0) is 38.0 Å². The summed E-state index contributed by atoms with van der Waals surface area (Å²) in [6.45, 7) is 11.3. The van der Waals surface area contributed by atoms with Crippen molar-refractivity contribution in [1.29, 1.82) is 0 Å². The zero-order valence-corrected chi connectivity index (χ0v) is 20.6. The summed E-state index contributed by atoms with van der Waals surface area (Å²) >= 11 is 0. The van der Waals surface area contributed by atoms with E-state index in [1.54, 1.807) is 0 Å². The number of carbonyl (C=O) groups excluding carboxylic acids is 1. The van der Waals surface area contributed by atoms with Crippen LogP contribution in [0.5, 0.6) is 11.5 Å². The van der Waals surface area contributed by atoms with Gasteiger partial charge in [-0.25, -0.2) is 4.98 Å². The van der Waals surface area contributed by atoms with E-state index in [0.717, 1.165) is 0 Å². The number of hydrogen-bond acceptors (Lipinski definition) is 8. The van der Waals surface area contributed by atoms with E-state index in [1.807, 2.05) is 6.92 Å². The molecule has 2 rings (SSSR count). The topological polar surface area (TPSA) is 119 Å². The molecule has 0 radical (unpaired) electrons. The van der Waals surface area contributed by atoms with Gasteiger partial charge < -0.3 is 34.5 Å². The zero-order chi connectivity index (χ0) is 24.5. The summed E-state index contributed by atoms with van der Waals surface area (Å²) in [4.78, 5) is 16.7. The Kier molecular flexibility index (Phi) is 10.8. The van der Waals surface area contributed by atoms with Gasteiger partial charge in [0.05, 0.1) is 25.4 Å². The average Bonchev–Trinajstić information content (AvgIpc) is 2.80. The van der Waals surface area contributed by atoms with Crippen molar-refractivity contribution in [3.63, 3.8) is 0 Å². The van der Waals surface area contributed by atoms with Gasteiger partial charge in [-0.1, -0.05) is 27.7 Å². The van der Waals surface area contributed by atoms with Gasteiger partial charge in [0.1, 0.15) is 6.10 Å². The number of carbonyl (C=O) groups is 1. The van der Waals surface area contributed by atoms with Crippen LogP contribution >= 0.6 is 0 Å². The van der Waals surface area contributed by atoms with Crippen LogP contribution in [0.25, 0.3) is 0 Å². The van der Waals surface area contributed by atoms with Crippen molar-refractivity contribution < 1.29 is 34.0 Å². The van der Waals surface area contributed by atoms with Crippen molar-refractivity contribution in [3.05, 3.63) is 18.0 Å². The number of nitrogens with zero attached hydrogens (tertiary/aromatic N) is 1. The van der Waals surface area contributed by atoms with Crippen molar-refractivity contribution in [2.75, 3.05) is 20.3 Å². The molecule has 1 aliphatic heterocycles. The number of aromatic hydroxyl groups is 1. The lowest BCUT2D eigenvalue weighted by Gasteiger charge is -2.33. The minimum Gasteiger partial charge on any atom is -0.503 e. The smallest absolute Gasteiger partial charge is 0.274 e. The predicted octanol–water partition coefficient (Wildman–Crippen LogP) is 2.88. The van der Waals surface area contributed by atoms with Crippen LogP contribution in [0.2, 0.25) is 0 Å². The third-order valence-corrected chi connectivity index (χ3v) is 5.44. The Morgan fingerprint density at radius 1 is 1.21 bits per heavy atom. The molecule has 2 heterocycles. The van der Waals surface area contributed by atoms with Gasteiger partial charge in [0, 0.05) is 25.5 Å². The molecule has 1 aromatic rings. The Hall–Kier alpha value is -1.94. The van der Waals surface area contributed by atoms with Crippen LogP contribution in [0.1, 0.15) is 64.4 Å².